The maximum absolute atomic E-state index is 13.8. The first-order valence-electron chi connectivity index (χ1n) is 6.82. The Kier molecular flexibility index (Phi) is 5.06. The monoisotopic (exact) mass is 287 g/mol. The normalized spacial score (nSPS) is 12.0. The fourth-order valence-corrected chi connectivity index (χ4v) is 2.13. The summed E-state index contributed by atoms with van der Waals surface area (Å²) in [6.45, 7) is 1.56. The highest BCUT2D eigenvalue weighted by molar-refractivity contribution is 5.94. The van der Waals surface area contributed by atoms with Crippen molar-refractivity contribution in [2.24, 2.45) is 0 Å². The van der Waals surface area contributed by atoms with E-state index >= 15 is 0 Å². The number of amides is 1. The Morgan fingerprint density at radius 3 is 2.57 bits per heavy atom. The van der Waals surface area contributed by atoms with Gasteiger partial charge in [0.2, 0.25) is 0 Å². The van der Waals surface area contributed by atoms with E-state index in [4.69, 9.17) is 0 Å². The second-order valence-electron chi connectivity index (χ2n) is 5.03. The maximum Gasteiger partial charge on any atom is 0.254 e. The molecule has 110 valence electrons. The smallest absolute Gasteiger partial charge is 0.254 e. The highest BCUT2D eigenvalue weighted by Gasteiger charge is 2.16. The van der Waals surface area contributed by atoms with Gasteiger partial charge in [-0.1, -0.05) is 36.4 Å². The first-order valence-corrected chi connectivity index (χ1v) is 6.82. The minimum absolute atomic E-state index is 0.00730. The Bertz CT molecular complexity index is 613. The van der Waals surface area contributed by atoms with Crippen LogP contribution >= 0.6 is 0 Å². The van der Waals surface area contributed by atoms with Crippen LogP contribution in [-0.4, -0.2) is 23.7 Å². The van der Waals surface area contributed by atoms with Crippen molar-refractivity contribution >= 4 is 5.91 Å². The molecule has 1 amide bonds. The van der Waals surface area contributed by atoms with Crippen LogP contribution in [0.1, 0.15) is 21.5 Å². The summed E-state index contributed by atoms with van der Waals surface area (Å²) in [6, 6.07) is 13.5. The van der Waals surface area contributed by atoms with Gasteiger partial charge in [0.1, 0.15) is 5.82 Å². The van der Waals surface area contributed by atoms with Crippen molar-refractivity contribution in [3.8, 4) is 0 Å². The molecule has 0 aromatic heterocycles. The van der Waals surface area contributed by atoms with Crippen LogP contribution in [0, 0.1) is 12.7 Å². The van der Waals surface area contributed by atoms with Crippen molar-refractivity contribution in [3.05, 3.63) is 71.0 Å². The second-order valence-corrected chi connectivity index (χ2v) is 5.03. The van der Waals surface area contributed by atoms with Crippen LogP contribution in [0.15, 0.2) is 48.5 Å². The molecule has 0 spiro atoms. The molecule has 0 saturated heterocycles. The lowest BCUT2D eigenvalue weighted by Crippen LogP contribution is -2.39. The lowest BCUT2D eigenvalue weighted by atomic mass is 10.1. The van der Waals surface area contributed by atoms with Gasteiger partial charge in [0.25, 0.3) is 5.91 Å². The maximum atomic E-state index is 13.8. The van der Waals surface area contributed by atoms with Gasteiger partial charge in [0.15, 0.2) is 0 Å². The number of aryl methyl sites for hydroxylation is 1. The Morgan fingerprint density at radius 1 is 1.24 bits per heavy atom. The summed E-state index contributed by atoms with van der Waals surface area (Å²) in [5.74, 6) is -1.06. The Hall–Kier alpha value is -2.20. The molecule has 0 heterocycles. The third-order valence-electron chi connectivity index (χ3n) is 3.25. The lowest BCUT2D eigenvalue weighted by molar-refractivity contribution is 0.0912. The van der Waals surface area contributed by atoms with Gasteiger partial charge >= 0.3 is 0 Å². The van der Waals surface area contributed by atoms with Gasteiger partial charge in [-0.15, -0.1) is 0 Å². The zero-order valence-corrected chi connectivity index (χ0v) is 11.8. The van der Waals surface area contributed by atoms with E-state index in [-0.39, 0.29) is 12.2 Å². The number of aliphatic hydroxyl groups is 1. The van der Waals surface area contributed by atoms with Crippen LogP contribution in [-0.2, 0) is 6.42 Å². The van der Waals surface area contributed by atoms with E-state index in [0.29, 0.717) is 6.42 Å². The molecule has 0 radical (unpaired) electrons. The molecule has 1 unspecified atom stereocenters. The molecule has 0 aliphatic rings. The van der Waals surface area contributed by atoms with Crippen LogP contribution in [0.3, 0.4) is 0 Å². The highest BCUT2D eigenvalue weighted by Crippen LogP contribution is 2.11. The summed E-state index contributed by atoms with van der Waals surface area (Å²) in [7, 11) is 0. The van der Waals surface area contributed by atoms with Crippen molar-refractivity contribution in [3.63, 3.8) is 0 Å². The summed E-state index contributed by atoms with van der Waals surface area (Å²) < 4.78 is 13.8. The standard InChI is InChI=1S/C17H18FNO2/c1-12-7-8-15(16(18)9-12)17(21)19-14(11-20)10-13-5-3-2-4-6-13/h2-9,14,20H,10-11H2,1H3,(H,19,21). The van der Waals surface area contributed by atoms with Crippen LogP contribution in [0.2, 0.25) is 0 Å². The van der Waals surface area contributed by atoms with Crippen LogP contribution in [0.4, 0.5) is 4.39 Å². The van der Waals surface area contributed by atoms with Crippen molar-refractivity contribution in [2.75, 3.05) is 6.61 Å². The molecular weight excluding hydrogens is 269 g/mol. The van der Waals surface area contributed by atoms with Crippen molar-refractivity contribution < 1.29 is 14.3 Å². The highest BCUT2D eigenvalue weighted by atomic mass is 19.1. The van der Waals surface area contributed by atoms with Gasteiger partial charge in [-0.25, -0.2) is 4.39 Å². The summed E-state index contributed by atoms with van der Waals surface area (Å²) in [4.78, 5) is 12.1. The minimum Gasteiger partial charge on any atom is -0.394 e. The molecule has 0 fully saturated rings. The molecule has 0 aliphatic heterocycles. The number of benzene rings is 2. The summed E-state index contributed by atoms with van der Waals surface area (Å²) in [5, 5.41) is 12.1. The Labute approximate surface area is 123 Å². The van der Waals surface area contributed by atoms with Crippen molar-refractivity contribution in [1.29, 1.82) is 0 Å². The van der Waals surface area contributed by atoms with Gasteiger partial charge in [0.05, 0.1) is 18.2 Å². The van der Waals surface area contributed by atoms with Crippen LogP contribution < -0.4 is 5.32 Å². The van der Waals surface area contributed by atoms with E-state index in [2.05, 4.69) is 5.32 Å². The molecule has 2 aromatic rings. The molecule has 2 N–H and O–H groups in total. The van der Waals surface area contributed by atoms with E-state index in [1.165, 1.54) is 12.1 Å². The summed E-state index contributed by atoms with van der Waals surface area (Å²) >= 11 is 0. The Balaban J connectivity index is 2.06. The van der Waals surface area contributed by atoms with Gasteiger partial charge in [-0.2, -0.15) is 0 Å². The fourth-order valence-electron chi connectivity index (χ4n) is 2.13. The van der Waals surface area contributed by atoms with E-state index in [9.17, 15) is 14.3 Å². The van der Waals surface area contributed by atoms with E-state index in [1.54, 1.807) is 13.0 Å². The van der Waals surface area contributed by atoms with Gasteiger partial charge in [-0.05, 0) is 36.6 Å². The van der Waals surface area contributed by atoms with Crippen molar-refractivity contribution in [1.82, 2.24) is 5.32 Å². The third-order valence-corrected chi connectivity index (χ3v) is 3.25. The minimum atomic E-state index is -0.552. The summed E-state index contributed by atoms with van der Waals surface area (Å²) in [5.41, 5.74) is 1.75. The van der Waals surface area contributed by atoms with E-state index < -0.39 is 17.8 Å². The number of hydrogen-bond acceptors (Lipinski definition) is 2. The number of hydrogen-bond donors (Lipinski definition) is 2. The number of halogens is 1. The zero-order valence-electron chi connectivity index (χ0n) is 11.8. The number of carbonyl (C=O) groups excluding carboxylic acids is 1. The van der Waals surface area contributed by atoms with Gasteiger partial charge in [-0.3, -0.25) is 4.79 Å². The van der Waals surface area contributed by atoms with E-state index in [0.717, 1.165) is 11.1 Å². The third kappa shape index (κ3) is 4.13. The number of nitrogens with one attached hydrogen (secondary N) is 1. The predicted octanol–water partition coefficient (Wildman–Crippen LogP) is 2.47. The SMILES string of the molecule is Cc1ccc(C(=O)NC(CO)Cc2ccccc2)c(F)c1. The van der Waals surface area contributed by atoms with Crippen LogP contribution in [0.25, 0.3) is 0 Å². The van der Waals surface area contributed by atoms with Gasteiger partial charge in [0, 0.05) is 0 Å². The molecule has 21 heavy (non-hydrogen) atoms. The molecule has 0 saturated carbocycles. The molecule has 1 atom stereocenters. The largest absolute Gasteiger partial charge is 0.394 e. The number of carbonyl (C=O) groups is 1. The Morgan fingerprint density at radius 2 is 1.95 bits per heavy atom. The first kappa shape index (κ1) is 15.2. The van der Waals surface area contributed by atoms with Crippen molar-refractivity contribution in [2.45, 2.75) is 19.4 Å². The molecular formula is C17H18FNO2. The second kappa shape index (κ2) is 6.99. The van der Waals surface area contributed by atoms with E-state index in [1.807, 2.05) is 30.3 Å². The summed E-state index contributed by atoms with van der Waals surface area (Å²) in [6.07, 6.45) is 0.497. The van der Waals surface area contributed by atoms with Gasteiger partial charge < -0.3 is 10.4 Å². The quantitative estimate of drug-likeness (QED) is 0.887. The number of aliphatic hydroxyl groups excluding tert-OH is 1. The molecule has 3 nitrogen and oxygen atoms in total. The predicted molar refractivity (Wildman–Crippen MR) is 79.6 cm³/mol. The first-order chi connectivity index (χ1) is 10.1. The van der Waals surface area contributed by atoms with Crippen LogP contribution in [0.5, 0.6) is 0 Å². The molecule has 0 bridgehead atoms. The average Bonchev–Trinajstić information content (AvgIpc) is 2.47. The fraction of sp³-hybridized carbons (Fsp3) is 0.235. The topological polar surface area (TPSA) is 49.3 Å². The molecule has 2 rings (SSSR count). The molecule has 0 aliphatic carbocycles. The number of rotatable bonds is 5. The molecule has 4 heteroatoms. The molecule has 2 aromatic carbocycles. The average molecular weight is 287 g/mol. The lowest BCUT2D eigenvalue weighted by Gasteiger charge is -2.16. The zero-order chi connectivity index (χ0) is 15.2.